The fourth-order valence-corrected chi connectivity index (χ4v) is 4.47. The van der Waals surface area contributed by atoms with Gasteiger partial charge < -0.3 is 20.5 Å². The van der Waals surface area contributed by atoms with Crippen LogP contribution in [-0.2, 0) is 0 Å². The predicted octanol–water partition coefficient (Wildman–Crippen LogP) is 5.82. The van der Waals surface area contributed by atoms with Gasteiger partial charge in [0.05, 0.1) is 28.8 Å². The number of hydrogen-bond acceptors (Lipinski definition) is 6. The third-order valence-corrected chi connectivity index (χ3v) is 6.27. The Morgan fingerprint density at radius 2 is 1.89 bits per heavy atom. The molecular weight excluding hydrogens is 471 g/mol. The van der Waals surface area contributed by atoms with E-state index in [-0.39, 0.29) is 5.75 Å². The fourth-order valence-electron chi connectivity index (χ4n) is 4.47. The number of anilines is 1. The van der Waals surface area contributed by atoms with Gasteiger partial charge in [0.1, 0.15) is 29.0 Å². The van der Waals surface area contributed by atoms with Crippen molar-refractivity contribution in [1.82, 2.24) is 25.1 Å². The molecule has 2 aromatic carbocycles. The lowest BCUT2D eigenvalue weighted by molar-refractivity contribution is 0.199. The molecule has 4 aromatic heterocycles. The molecule has 184 valence electrons. The Morgan fingerprint density at radius 3 is 2.73 bits per heavy atom. The Labute approximate surface area is 210 Å². The van der Waals surface area contributed by atoms with Crippen LogP contribution in [-0.4, -0.2) is 41.6 Å². The number of hydrogen-bond donors (Lipinski definition) is 5. The highest BCUT2D eigenvalue weighted by molar-refractivity contribution is 6.00. The molecule has 6 aromatic rings. The van der Waals surface area contributed by atoms with E-state index in [2.05, 4.69) is 25.5 Å². The first-order valence-electron chi connectivity index (χ1n) is 11.9. The van der Waals surface area contributed by atoms with Gasteiger partial charge in [0, 0.05) is 28.7 Å². The first-order valence-corrected chi connectivity index (χ1v) is 11.9. The summed E-state index contributed by atoms with van der Waals surface area (Å²) in [6, 6.07) is 17.4. The van der Waals surface area contributed by atoms with E-state index in [0.29, 0.717) is 34.6 Å². The second kappa shape index (κ2) is 9.03. The zero-order valence-corrected chi connectivity index (χ0v) is 19.8. The molecule has 6 rings (SSSR count). The Balaban J connectivity index is 1.43. The molecule has 0 bridgehead atoms. The van der Waals surface area contributed by atoms with E-state index in [0.717, 1.165) is 39.3 Å². The number of aromatic hydroxyl groups is 1. The molecule has 0 saturated carbocycles. The van der Waals surface area contributed by atoms with Crippen molar-refractivity contribution in [3.8, 4) is 39.5 Å². The van der Waals surface area contributed by atoms with Crippen molar-refractivity contribution in [3.05, 3.63) is 78.9 Å². The molecule has 4 heterocycles. The number of phenolic OH excluding ortho intramolecular Hbond substituents is 1. The number of benzene rings is 2. The van der Waals surface area contributed by atoms with E-state index in [1.807, 2.05) is 49.4 Å². The minimum atomic E-state index is -0.656. The Morgan fingerprint density at radius 1 is 1.00 bits per heavy atom. The van der Waals surface area contributed by atoms with E-state index in [4.69, 9.17) is 4.98 Å². The van der Waals surface area contributed by atoms with Crippen LogP contribution in [0, 0.1) is 5.82 Å². The van der Waals surface area contributed by atoms with Gasteiger partial charge in [0.25, 0.3) is 0 Å². The molecular formula is C28H23FN6O2. The van der Waals surface area contributed by atoms with Crippen LogP contribution < -0.4 is 5.32 Å². The van der Waals surface area contributed by atoms with E-state index in [9.17, 15) is 14.6 Å². The number of rotatable bonds is 6. The van der Waals surface area contributed by atoms with Gasteiger partial charge in [0.2, 0.25) is 0 Å². The van der Waals surface area contributed by atoms with Gasteiger partial charge >= 0.3 is 0 Å². The van der Waals surface area contributed by atoms with Crippen LogP contribution >= 0.6 is 0 Å². The molecule has 8 nitrogen and oxygen atoms in total. The lowest BCUT2D eigenvalue weighted by Crippen LogP contribution is -2.16. The number of halogens is 1. The highest BCUT2D eigenvalue weighted by Crippen LogP contribution is 2.35. The summed E-state index contributed by atoms with van der Waals surface area (Å²) in [6.07, 6.45) is 3.29. The second-order valence-corrected chi connectivity index (χ2v) is 8.84. The van der Waals surface area contributed by atoms with Crippen LogP contribution in [0.1, 0.15) is 13.3 Å². The average molecular weight is 495 g/mol. The largest absolute Gasteiger partial charge is 0.508 e. The second-order valence-electron chi connectivity index (χ2n) is 8.84. The van der Waals surface area contributed by atoms with Crippen molar-refractivity contribution in [2.45, 2.75) is 19.6 Å². The highest BCUT2D eigenvalue weighted by atomic mass is 19.1. The van der Waals surface area contributed by atoms with Crippen molar-refractivity contribution in [2.24, 2.45) is 0 Å². The third-order valence-electron chi connectivity index (χ3n) is 6.27. The molecule has 0 aliphatic rings. The van der Waals surface area contributed by atoms with Crippen LogP contribution in [0.2, 0.25) is 0 Å². The summed E-state index contributed by atoms with van der Waals surface area (Å²) in [5, 5.41) is 31.3. The molecule has 0 radical (unpaired) electrons. The molecule has 0 fully saturated rings. The minimum Gasteiger partial charge on any atom is -0.508 e. The first kappa shape index (κ1) is 22.7. The zero-order chi connectivity index (χ0) is 25.5. The molecule has 37 heavy (non-hydrogen) atoms. The third kappa shape index (κ3) is 4.25. The lowest BCUT2D eigenvalue weighted by atomic mass is 10.0. The quantitative estimate of drug-likeness (QED) is 0.186. The van der Waals surface area contributed by atoms with Crippen molar-refractivity contribution >= 4 is 27.6 Å². The Hall–Kier alpha value is -4.76. The summed E-state index contributed by atoms with van der Waals surface area (Å²) < 4.78 is 14.0. The van der Waals surface area contributed by atoms with Crippen LogP contribution in [0.4, 0.5) is 10.1 Å². The number of nitrogens with zero attached hydrogens (tertiary/aromatic N) is 3. The number of phenols is 1. The van der Waals surface area contributed by atoms with Crippen LogP contribution in [0.15, 0.2) is 73.1 Å². The van der Waals surface area contributed by atoms with Crippen LogP contribution in [0.5, 0.6) is 5.75 Å². The van der Waals surface area contributed by atoms with E-state index in [1.165, 1.54) is 6.07 Å². The molecule has 0 spiro atoms. The fraction of sp³-hybridized carbons (Fsp3) is 0.107. The van der Waals surface area contributed by atoms with E-state index < -0.39 is 12.0 Å². The number of H-pyrrole nitrogens is 2. The number of nitrogens with one attached hydrogen (secondary N) is 3. The molecule has 1 unspecified atom stereocenters. The van der Waals surface area contributed by atoms with Gasteiger partial charge in [-0.1, -0.05) is 19.1 Å². The normalized spacial score (nSPS) is 12.3. The van der Waals surface area contributed by atoms with Gasteiger partial charge in [0.15, 0.2) is 0 Å². The zero-order valence-electron chi connectivity index (χ0n) is 19.8. The van der Waals surface area contributed by atoms with Gasteiger partial charge in [-0.25, -0.2) is 9.37 Å². The molecule has 0 saturated heterocycles. The summed E-state index contributed by atoms with van der Waals surface area (Å²) in [5.41, 5.74) is 7.27. The average Bonchev–Trinajstić information content (AvgIpc) is 3.51. The first-order chi connectivity index (χ1) is 18.0. The van der Waals surface area contributed by atoms with Gasteiger partial charge in [-0.2, -0.15) is 5.10 Å². The summed E-state index contributed by atoms with van der Waals surface area (Å²) in [4.78, 5) is 12.6. The minimum absolute atomic E-state index is 0.129. The summed E-state index contributed by atoms with van der Waals surface area (Å²) in [6.45, 7) is 1.89. The maximum atomic E-state index is 14.0. The van der Waals surface area contributed by atoms with Crippen LogP contribution in [0.25, 0.3) is 55.7 Å². The molecule has 1 atom stereocenters. The number of aliphatic hydroxyl groups excluding tert-OH is 1. The molecule has 5 N–H and O–H groups in total. The van der Waals surface area contributed by atoms with E-state index >= 15 is 0 Å². The molecule has 0 aliphatic carbocycles. The maximum absolute atomic E-state index is 14.0. The van der Waals surface area contributed by atoms with E-state index in [1.54, 1.807) is 18.5 Å². The lowest BCUT2D eigenvalue weighted by Gasteiger charge is -2.12. The monoisotopic (exact) mass is 494 g/mol. The summed E-state index contributed by atoms with van der Waals surface area (Å²) in [7, 11) is 0. The summed E-state index contributed by atoms with van der Waals surface area (Å²) >= 11 is 0. The molecule has 0 aliphatic heterocycles. The van der Waals surface area contributed by atoms with Crippen molar-refractivity contribution < 1.29 is 14.6 Å². The predicted molar refractivity (Wildman–Crippen MR) is 141 cm³/mol. The van der Waals surface area contributed by atoms with Gasteiger partial charge in [-0.15, -0.1) is 0 Å². The topological polar surface area (TPSA) is 123 Å². The molecule has 9 heteroatoms. The highest BCUT2D eigenvalue weighted by Gasteiger charge is 2.16. The van der Waals surface area contributed by atoms with Crippen molar-refractivity contribution in [2.75, 3.05) is 5.32 Å². The van der Waals surface area contributed by atoms with Gasteiger partial charge in [-0.05, 0) is 60.0 Å². The van der Waals surface area contributed by atoms with Crippen LogP contribution in [0.3, 0.4) is 0 Å². The smallest absolute Gasteiger partial charge is 0.135 e. The number of fused-ring (bicyclic) bond motifs is 2. The number of aromatic nitrogens is 5. The van der Waals surface area contributed by atoms with Crippen molar-refractivity contribution in [3.63, 3.8) is 0 Å². The Kier molecular flexibility index (Phi) is 5.54. The Bertz CT molecular complexity index is 1740. The summed E-state index contributed by atoms with van der Waals surface area (Å²) in [5.74, 6) is -0.633. The number of aromatic amines is 2. The maximum Gasteiger partial charge on any atom is 0.135 e. The van der Waals surface area contributed by atoms with Gasteiger partial charge in [-0.3, -0.25) is 10.1 Å². The number of pyridine rings is 2. The SMILES string of the molecule is CCC(O)Nc1cncc(-c2ccc3[nH]nc(-c4cc5c(-c6cc(O)cc(F)c6)cccc5[nH]4)c3n2)c1. The standard InChI is InChI=1S/C28H23FN6O2/c1-2-26(37)31-18-9-16(13-30-14-18)22-6-7-24-27(33-22)28(35-34-24)25-12-21-20(4-3-5-23(21)32-25)15-8-17(29)11-19(36)10-15/h3-14,26,31-32,36-37H,2H2,1H3,(H,34,35). The number of aliphatic hydroxyl groups is 1. The molecule has 0 amide bonds. The van der Waals surface area contributed by atoms with Crippen molar-refractivity contribution in [1.29, 1.82) is 0 Å².